The minimum absolute atomic E-state index is 0.331. The first kappa shape index (κ1) is 14.8. The van der Waals surface area contributed by atoms with E-state index in [4.69, 9.17) is 4.74 Å². The second kappa shape index (κ2) is 6.32. The monoisotopic (exact) mass is 304 g/mol. The lowest BCUT2D eigenvalue weighted by Crippen LogP contribution is -2.06. The molecule has 0 aliphatic heterocycles. The second-order valence-corrected chi connectivity index (χ2v) is 5.25. The molecule has 0 spiro atoms. The third-order valence-corrected chi connectivity index (χ3v) is 3.65. The molecule has 0 amide bonds. The van der Waals surface area contributed by atoms with Gasteiger partial charge in [0, 0.05) is 6.42 Å². The highest BCUT2D eigenvalue weighted by atomic mass is 16.5. The fraction of sp³-hybridized carbons (Fsp3) is 0.167. The average molecular weight is 304 g/mol. The van der Waals surface area contributed by atoms with Crippen molar-refractivity contribution < 1.29 is 4.74 Å². The van der Waals surface area contributed by atoms with E-state index in [-0.39, 0.29) is 0 Å². The van der Waals surface area contributed by atoms with Crippen molar-refractivity contribution in [1.29, 1.82) is 5.26 Å². The Bertz CT molecular complexity index is 862. The number of aromatic nitrogens is 3. The normalized spacial score (nSPS) is 10.3. The summed E-state index contributed by atoms with van der Waals surface area (Å²) >= 11 is 0. The first-order valence-electron chi connectivity index (χ1n) is 7.26. The van der Waals surface area contributed by atoms with E-state index in [9.17, 15) is 5.26 Å². The molecule has 3 aromatic rings. The maximum atomic E-state index is 9.34. The predicted molar refractivity (Wildman–Crippen MR) is 86.6 cm³/mol. The summed E-state index contributed by atoms with van der Waals surface area (Å²) in [6, 6.07) is 17.9. The Kier molecular flexibility index (Phi) is 4.07. The zero-order valence-corrected chi connectivity index (χ0v) is 13.0. The summed E-state index contributed by atoms with van der Waals surface area (Å²) in [5.41, 5.74) is 4.05. The number of hydrogen-bond acceptors (Lipinski definition) is 4. The smallest absolute Gasteiger partial charge is 0.186 e. The van der Waals surface area contributed by atoms with Crippen LogP contribution in [0.3, 0.4) is 0 Å². The van der Waals surface area contributed by atoms with Crippen LogP contribution in [0.1, 0.15) is 22.5 Å². The highest BCUT2D eigenvalue weighted by Gasteiger charge is 2.17. The molecule has 1 aromatic heterocycles. The molecule has 5 nitrogen and oxygen atoms in total. The number of rotatable bonds is 4. The van der Waals surface area contributed by atoms with Gasteiger partial charge in [-0.3, -0.25) is 0 Å². The summed E-state index contributed by atoms with van der Waals surface area (Å²) in [7, 11) is 1.62. The van der Waals surface area contributed by atoms with Crippen molar-refractivity contribution in [1.82, 2.24) is 15.0 Å². The molecule has 0 unspecified atom stereocenters. The van der Waals surface area contributed by atoms with Crippen molar-refractivity contribution in [2.24, 2.45) is 0 Å². The fourth-order valence-corrected chi connectivity index (χ4v) is 2.50. The van der Waals surface area contributed by atoms with E-state index in [2.05, 4.69) is 16.4 Å². The number of ether oxygens (including phenoxy) is 1. The molecule has 3 rings (SSSR count). The lowest BCUT2D eigenvalue weighted by atomic mass is 10.1. The molecule has 0 atom stereocenters. The third-order valence-electron chi connectivity index (χ3n) is 3.65. The lowest BCUT2D eigenvalue weighted by Gasteiger charge is -2.12. The first-order valence-corrected chi connectivity index (χ1v) is 7.26. The largest absolute Gasteiger partial charge is 0.494 e. The molecule has 0 aliphatic carbocycles. The van der Waals surface area contributed by atoms with Gasteiger partial charge in [-0.05, 0) is 30.2 Å². The second-order valence-electron chi connectivity index (χ2n) is 5.25. The number of aryl methyl sites for hydroxylation is 1. The average Bonchev–Trinajstić information content (AvgIpc) is 2.98. The highest BCUT2D eigenvalue weighted by Crippen LogP contribution is 2.26. The highest BCUT2D eigenvalue weighted by molar-refractivity contribution is 5.50. The molecule has 1 heterocycles. The summed E-state index contributed by atoms with van der Waals surface area (Å²) in [6.45, 7) is 2.00. The van der Waals surface area contributed by atoms with Crippen LogP contribution in [0.15, 0.2) is 48.5 Å². The maximum Gasteiger partial charge on any atom is 0.186 e. The summed E-state index contributed by atoms with van der Waals surface area (Å²) in [5, 5.41) is 17.5. The number of benzene rings is 2. The molecule has 114 valence electrons. The van der Waals surface area contributed by atoms with Crippen molar-refractivity contribution in [3.05, 3.63) is 71.0 Å². The van der Waals surface area contributed by atoms with Gasteiger partial charge >= 0.3 is 0 Å². The van der Waals surface area contributed by atoms with E-state index >= 15 is 0 Å². The molecule has 0 saturated carbocycles. The van der Waals surface area contributed by atoms with E-state index in [0.29, 0.717) is 17.9 Å². The third kappa shape index (κ3) is 2.92. The van der Waals surface area contributed by atoms with Crippen molar-refractivity contribution in [2.75, 3.05) is 7.11 Å². The van der Waals surface area contributed by atoms with Gasteiger partial charge < -0.3 is 4.74 Å². The van der Waals surface area contributed by atoms with Crippen LogP contribution in [0.25, 0.3) is 5.69 Å². The van der Waals surface area contributed by atoms with Gasteiger partial charge in [-0.15, -0.1) is 5.10 Å². The molecule has 5 heteroatoms. The minimum Gasteiger partial charge on any atom is -0.494 e. The van der Waals surface area contributed by atoms with Crippen molar-refractivity contribution >= 4 is 0 Å². The number of nitrogens with zero attached hydrogens (tertiary/aromatic N) is 4. The van der Waals surface area contributed by atoms with Crippen molar-refractivity contribution in [3.8, 4) is 17.5 Å². The van der Waals surface area contributed by atoms with E-state index in [0.717, 1.165) is 22.5 Å². The van der Waals surface area contributed by atoms with Gasteiger partial charge in [-0.2, -0.15) is 5.26 Å². The Labute approximate surface area is 134 Å². The molecule has 2 aromatic carbocycles. The summed E-state index contributed by atoms with van der Waals surface area (Å²) in [4.78, 5) is 0. The van der Waals surface area contributed by atoms with Gasteiger partial charge in [-0.1, -0.05) is 41.6 Å². The van der Waals surface area contributed by atoms with Crippen LogP contribution in [-0.4, -0.2) is 22.1 Å². The molecule has 0 N–H and O–H groups in total. The molecule has 0 bridgehead atoms. The fourth-order valence-electron chi connectivity index (χ4n) is 2.50. The van der Waals surface area contributed by atoms with Gasteiger partial charge in [0.05, 0.1) is 12.8 Å². The van der Waals surface area contributed by atoms with Crippen molar-refractivity contribution in [2.45, 2.75) is 13.3 Å². The zero-order valence-electron chi connectivity index (χ0n) is 13.0. The van der Waals surface area contributed by atoms with Crippen LogP contribution < -0.4 is 4.74 Å². The van der Waals surface area contributed by atoms with Gasteiger partial charge in [0.2, 0.25) is 0 Å². The van der Waals surface area contributed by atoms with Crippen LogP contribution in [0.2, 0.25) is 0 Å². The van der Waals surface area contributed by atoms with Gasteiger partial charge in [-0.25, -0.2) is 4.68 Å². The van der Waals surface area contributed by atoms with E-state index in [1.807, 2.05) is 55.5 Å². The predicted octanol–water partition coefficient (Wildman–Crippen LogP) is 3.05. The van der Waals surface area contributed by atoms with Crippen LogP contribution in [0, 0.1) is 18.3 Å². The number of methoxy groups -OCH3 is 1. The molecule has 0 fully saturated rings. The van der Waals surface area contributed by atoms with Crippen LogP contribution in [0.5, 0.6) is 5.75 Å². The molecule has 0 saturated heterocycles. The Balaban J connectivity index is 2.13. The van der Waals surface area contributed by atoms with Crippen LogP contribution >= 0.6 is 0 Å². The quantitative estimate of drug-likeness (QED) is 0.743. The minimum atomic E-state index is 0.331. The molecular weight excluding hydrogens is 288 g/mol. The van der Waals surface area contributed by atoms with Crippen LogP contribution in [0.4, 0.5) is 0 Å². The number of hydrogen-bond donors (Lipinski definition) is 0. The molecule has 0 aliphatic rings. The number of nitriles is 1. The van der Waals surface area contributed by atoms with Crippen molar-refractivity contribution in [3.63, 3.8) is 0 Å². The van der Waals surface area contributed by atoms with Gasteiger partial charge in [0.15, 0.2) is 5.69 Å². The Hall–Kier alpha value is -3.13. The first-order chi connectivity index (χ1) is 11.2. The summed E-state index contributed by atoms with van der Waals surface area (Å²) in [6.07, 6.45) is 0.577. The van der Waals surface area contributed by atoms with E-state index in [1.165, 1.54) is 0 Å². The van der Waals surface area contributed by atoms with Gasteiger partial charge in [0.25, 0.3) is 0 Å². The standard InChI is InChI=1S/C18H16N4O/c1-13-8-9-18(23-2)17(10-13)22-16(15(12-19)20-21-22)11-14-6-4-3-5-7-14/h3-10H,11H2,1-2H3. The lowest BCUT2D eigenvalue weighted by molar-refractivity contribution is 0.411. The summed E-state index contributed by atoms with van der Waals surface area (Å²) in [5.74, 6) is 0.694. The maximum absolute atomic E-state index is 9.34. The van der Waals surface area contributed by atoms with E-state index in [1.54, 1.807) is 11.8 Å². The molecule has 23 heavy (non-hydrogen) atoms. The van der Waals surface area contributed by atoms with Gasteiger partial charge in [0.1, 0.15) is 17.5 Å². The Morgan fingerprint density at radius 2 is 1.96 bits per heavy atom. The topological polar surface area (TPSA) is 63.7 Å². The molecular formula is C18H16N4O. The zero-order chi connectivity index (χ0) is 16.2. The molecule has 0 radical (unpaired) electrons. The Morgan fingerprint density at radius 3 is 2.65 bits per heavy atom. The summed E-state index contributed by atoms with van der Waals surface area (Å²) < 4.78 is 7.12. The van der Waals surface area contributed by atoms with E-state index < -0.39 is 0 Å². The SMILES string of the molecule is COc1ccc(C)cc1-n1nnc(C#N)c1Cc1ccccc1. The van der Waals surface area contributed by atoms with Crippen LogP contribution in [-0.2, 0) is 6.42 Å². The Morgan fingerprint density at radius 1 is 1.17 bits per heavy atom.